The van der Waals surface area contributed by atoms with Crippen LogP contribution in [-0.2, 0) is 0 Å². The van der Waals surface area contributed by atoms with Crippen LogP contribution < -0.4 is 5.43 Å². The van der Waals surface area contributed by atoms with Gasteiger partial charge in [-0.05, 0) is 51.8 Å². The first-order valence-electron chi connectivity index (χ1n) is 6.25. The molecule has 4 heteroatoms. The largest absolute Gasteiger partial charge is 0.459 e. The molecule has 0 saturated carbocycles. The second kappa shape index (κ2) is 8.08. The van der Waals surface area contributed by atoms with Gasteiger partial charge in [0.1, 0.15) is 0 Å². The highest BCUT2D eigenvalue weighted by molar-refractivity contribution is 5.91. The van der Waals surface area contributed by atoms with Crippen LogP contribution >= 0.6 is 0 Å². The summed E-state index contributed by atoms with van der Waals surface area (Å²) in [4.78, 5) is 11.5. The first-order valence-corrected chi connectivity index (χ1v) is 6.25. The second-order valence-corrected chi connectivity index (χ2v) is 4.53. The summed E-state index contributed by atoms with van der Waals surface area (Å²) in [5, 5.41) is 3.83. The Kier molecular flexibility index (Phi) is 6.36. The molecule has 1 amide bonds. The molecule has 0 aliphatic rings. The molecule has 1 aromatic rings. The smallest absolute Gasteiger partial charge is 0.307 e. The second-order valence-electron chi connectivity index (χ2n) is 4.53. The van der Waals surface area contributed by atoms with Gasteiger partial charge in [0.2, 0.25) is 0 Å². The molecule has 0 atom stereocenters. The molecular formula is C15H20N2O2. The zero-order valence-electron chi connectivity index (χ0n) is 11.6. The van der Waals surface area contributed by atoms with Crippen molar-refractivity contribution in [3.63, 3.8) is 0 Å². The van der Waals surface area contributed by atoms with Gasteiger partial charge < -0.3 is 4.42 Å². The van der Waals surface area contributed by atoms with Gasteiger partial charge in [0.05, 0.1) is 6.26 Å². The van der Waals surface area contributed by atoms with Crippen molar-refractivity contribution in [2.45, 2.75) is 33.6 Å². The molecule has 4 nitrogen and oxygen atoms in total. The van der Waals surface area contributed by atoms with E-state index in [2.05, 4.69) is 30.5 Å². The lowest BCUT2D eigenvalue weighted by molar-refractivity contribution is 0.0927. The highest BCUT2D eigenvalue weighted by atomic mass is 16.3. The van der Waals surface area contributed by atoms with Crippen molar-refractivity contribution in [1.82, 2.24) is 5.43 Å². The minimum Gasteiger partial charge on any atom is -0.459 e. The maximum absolute atomic E-state index is 11.5. The first kappa shape index (κ1) is 15.0. The molecule has 0 bridgehead atoms. The quantitative estimate of drug-likeness (QED) is 0.482. The maximum Gasteiger partial charge on any atom is 0.307 e. The number of carbonyl (C=O) groups excluding carboxylic acids is 1. The maximum atomic E-state index is 11.5. The van der Waals surface area contributed by atoms with Crippen LogP contribution in [0.15, 0.2) is 51.2 Å². The van der Waals surface area contributed by atoms with Gasteiger partial charge in [-0.2, -0.15) is 5.10 Å². The lowest BCUT2D eigenvalue weighted by Gasteiger charge is -1.97. The monoisotopic (exact) mass is 260 g/mol. The van der Waals surface area contributed by atoms with Gasteiger partial charge in [-0.3, -0.25) is 4.79 Å². The lowest BCUT2D eigenvalue weighted by Crippen LogP contribution is -2.16. The van der Waals surface area contributed by atoms with Gasteiger partial charge in [0.25, 0.3) is 0 Å². The molecule has 0 spiro atoms. The Morgan fingerprint density at radius 2 is 2.21 bits per heavy atom. The first-order chi connectivity index (χ1) is 9.09. The lowest BCUT2D eigenvalue weighted by atomic mass is 10.1. The summed E-state index contributed by atoms with van der Waals surface area (Å²) in [7, 11) is 0. The Morgan fingerprint density at radius 3 is 2.84 bits per heavy atom. The van der Waals surface area contributed by atoms with Crippen molar-refractivity contribution in [3.05, 3.63) is 47.5 Å². The van der Waals surface area contributed by atoms with Gasteiger partial charge in [-0.1, -0.05) is 17.2 Å². The van der Waals surface area contributed by atoms with E-state index in [1.54, 1.807) is 18.3 Å². The van der Waals surface area contributed by atoms with Gasteiger partial charge in [0.15, 0.2) is 5.76 Å². The summed E-state index contributed by atoms with van der Waals surface area (Å²) in [6.07, 6.45) is 9.14. The van der Waals surface area contributed by atoms with Crippen LogP contribution in [0, 0.1) is 0 Å². The zero-order chi connectivity index (χ0) is 14.1. The molecule has 1 aromatic heterocycles. The predicted molar refractivity (Wildman–Crippen MR) is 77.1 cm³/mol. The van der Waals surface area contributed by atoms with Gasteiger partial charge in [-0.15, -0.1) is 0 Å². The molecule has 0 aliphatic carbocycles. The number of carbonyl (C=O) groups is 1. The fraction of sp³-hybridized carbons (Fsp3) is 0.333. The summed E-state index contributed by atoms with van der Waals surface area (Å²) >= 11 is 0. The van der Waals surface area contributed by atoms with Crippen LogP contribution in [0.1, 0.15) is 44.2 Å². The third kappa shape index (κ3) is 6.41. The number of allylic oxidation sites excluding steroid dienone is 4. The average Bonchev–Trinajstić information content (AvgIpc) is 2.87. The number of hydrazone groups is 1. The highest BCUT2D eigenvalue weighted by Crippen LogP contribution is 2.05. The molecule has 0 saturated heterocycles. The van der Waals surface area contributed by atoms with E-state index in [0.717, 1.165) is 12.8 Å². The van der Waals surface area contributed by atoms with Crippen molar-refractivity contribution in [2.24, 2.45) is 5.10 Å². The third-order valence-corrected chi connectivity index (χ3v) is 2.44. The van der Waals surface area contributed by atoms with Crippen LogP contribution in [0.3, 0.4) is 0 Å². The van der Waals surface area contributed by atoms with E-state index >= 15 is 0 Å². The van der Waals surface area contributed by atoms with E-state index < -0.39 is 0 Å². The molecule has 1 N–H and O–H groups in total. The van der Waals surface area contributed by atoms with E-state index in [1.807, 2.05) is 13.0 Å². The highest BCUT2D eigenvalue weighted by Gasteiger charge is 2.05. The summed E-state index contributed by atoms with van der Waals surface area (Å²) < 4.78 is 4.94. The van der Waals surface area contributed by atoms with Gasteiger partial charge in [-0.25, -0.2) is 5.43 Å². The number of furan rings is 1. The molecule has 19 heavy (non-hydrogen) atoms. The van der Waals surface area contributed by atoms with Gasteiger partial charge >= 0.3 is 5.91 Å². The van der Waals surface area contributed by atoms with Crippen molar-refractivity contribution >= 4 is 12.1 Å². The van der Waals surface area contributed by atoms with Crippen molar-refractivity contribution in [2.75, 3.05) is 0 Å². The summed E-state index contributed by atoms with van der Waals surface area (Å²) in [5.41, 5.74) is 4.94. The summed E-state index contributed by atoms with van der Waals surface area (Å²) in [6, 6.07) is 3.25. The third-order valence-electron chi connectivity index (χ3n) is 2.44. The molecule has 0 radical (unpaired) electrons. The minimum atomic E-state index is -0.350. The van der Waals surface area contributed by atoms with Crippen molar-refractivity contribution < 1.29 is 9.21 Å². The Labute approximate surface area is 113 Å². The number of amides is 1. The summed E-state index contributed by atoms with van der Waals surface area (Å²) in [5.74, 6) is -0.0988. The SMILES string of the molecule is CC(C)=CCC/C(C)=C\C=N\NC(=O)c1ccco1. The molecule has 0 fully saturated rings. The topological polar surface area (TPSA) is 54.6 Å². The number of hydrogen-bond donors (Lipinski definition) is 1. The minimum absolute atomic E-state index is 0.251. The number of rotatable bonds is 6. The molecule has 0 unspecified atom stereocenters. The van der Waals surface area contributed by atoms with E-state index in [0.29, 0.717) is 0 Å². The number of nitrogens with one attached hydrogen (secondary N) is 1. The van der Waals surface area contributed by atoms with Crippen molar-refractivity contribution in [1.29, 1.82) is 0 Å². The van der Waals surface area contributed by atoms with Gasteiger partial charge in [0, 0.05) is 6.21 Å². The molecule has 102 valence electrons. The molecule has 0 aromatic carbocycles. The summed E-state index contributed by atoms with van der Waals surface area (Å²) in [6.45, 7) is 6.22. The average molecular weight is 260 g/mol. The van der Waals surface area contributed by atoms with Crippen LogP contribution in [0.2, 0.25) is 0 Å². The van der Waals surface area contributed by atoms with E-state index in [9.17, 15) is 4.79 Å². The van der Waals surface area contributed by atoms with Crippen LogP contribution in [0.5, 0.6) is 0 Å². The Morgan fingerprint density at radius 1 is 1.42 bits per heavy atom. The Balaban J connectivity index is 2.32. The molecule has 1 heterocycles. The standard InChI is InChI=1S/C15H20N2O2/c1-12(2)6-4-7-13(3)9-10-16-17-15(18)14-8-5-11-19-14/h5-6,8-11H,4,7H2,1-3H3,(H,17,18)/b13-9-,16-10+. The number of nitrogens with zero attached hydrogens (tertiary/aromatic N) is 1. The van der Waals surface area contributed by atoms with E-state index in [1.165, 1.54) is 17.4 Å². The van der Waals surface area contributed by atoms with Crippen LogP contribution in [-0.4, -0.2) is 12.1 Å². The molecule has 1 rings (SSSR count). The van der Waals surface area contributed by atoms with Crippen molar-refractivity contribution in [3.8, 4) is 0 Å². The Bertz CT molecular complexity index is 478. The van der Waals surface area contributed by atoms with Crippen LogP contribution in [0.4, 0.5) is 0 Å². The van der Waals surface area contributed by atoms with Crippen LogP contribution in [0.25, 0.3) is 0 Å². The van der Waals surface area contributed by atoms with E-state index in [4.69, 9.17) is 4.42 Å². The molecule has 0 aliphatic heterocycles. The number of hydrogen-bond acceptors (Lipinski definition) is 3. The predicted octanol–water partition coefficient (Wildman–Crippen LogP) is 3.69. The zero-order valence-corrected chi connectivity index (χ0v) is 11.6. The fourth-order valence-electron chi connectivity index (χ4n) is 1.40. The van der Waals surface area contributed by atoms with E-state index in [-0.39, 0.29) is 11.7 Å². The normalized spacial score (nSPS) is 11.6. The fourth-order valence-corrected chi connectivity index (χ4v) is 1.40. The molecular weight excluding hydrogens is 240 g/mol. The Hall–Kier alpha value is -2.10.